The predicted molar refractivity (Wildman–Crippen MR) is 113 cm³/mol. The Hall–Kier alpha value is -1.79. The minimum absolute atomic E-state index is 0.0327. The molecule has 1 atom stereocenters. The number of piperidine rings is 1. The van der Waals surface area contributed by atoms with E-state index >= 15 is 0 Å². The number of benzene rings is 2. The van der Waals surface area contributed by atoms with Crippen molar-refractivity contribution in [2.24, 2.45) is 0 Å². The molecule has 29 heavy (non-hydrogen) atoms. The minimum Gasteiger partial charge on any atom is -0.489 e. The summed E-state index contributed by atoms with van der Waals surface area (Å²) in [7, 11) is 0. The maximum Gasteiger partial charge on any atom is 0.149 e. The standard InChI is InChI=1S/C23H28ClNO4/c1-22(27,16-28-21-14-19(24)7-6-17(21)8-13-26)25-11-9-23(10-12-25)15-18-4-2-3-5-20(18)29-23/h2-7,14,26-27H,8-13,15-16H2,1H3/t22-/m0/s1. The van der Waals surface area contributed by atoms with Gasteiger partial charge in [0, 0.05) is 44.0 Å². The quantitative estimate of drug-likeness (QED) is 0.754. The maximum atomic E-state index is 11.1. The van der Waals surface area contributed by atoms with Crippen molar-refractivity contribution in [2.75, 3.05) is 26.3 Å². The summed E-state index contributed by atoms with van der Waals surface area (Å²) in [4.78, 5) is 2.06. The summed E-state index contributed by atoms with van der Waals surface area (Å²) in [6, 6.07) is 13.6. The second-order valence-electron chi connectivity index (χ2n) is 8.29. The zero-order valence-electron chi connectivity index (χ0n) is 16.7. The molecule has 0 radical (unpaired) electrons. The van der Waals surface area contributed by atoms with Crippen molar-refractivity contribution < 1.29 is 19.7 Å². The van der Waals surface area contributed by atoms with E-state index in [4.69, 9.17) is 21.1 Å². The molecular weight excluding hydrogens is 390 g/mol. The lowest BCUT2D eigenvalue weighted by atomic mass is 9.86. The number of halogens is 1. The SMILES string of the molecule is C[C@](O)(COc1cc(Cl)ccc1CCO)N1CCC2(CC1)Cc1ccccc1O2. The number of aliphatic hydroxyl groups excluding tert-OH is 1. The molecule has 2 aliphatic heterocycles. The summed E-state index contributed by atoms with van der Waals surface area (Å²) in [6.45, 7) is 3.42. The van der Waals surface area contributed by atoms with Gasteiger partial charge in [-0.1, -0.05) is 35.9 Å². The molecule has 0 aliphatic carbocycles. The largest absolute Gasteiger partial charge is 0.489 e. The van der Waals surface area contributed by atoms with Crippen LogP contribution >= 0.6 is 11.6 Å². The van der Waals surface area contributed by atoms with Gasteiger partial charge in [0.15, 0.2) is 0 Å². The lowest BCUT2D eigenvalue weighted by molar-refractivity contribution is -0.142. The summed E-state index contributed by atoms with van der Waals surface area (Å²) in [5.74, 6) is 1.60. The van der Waals surface area contributed by atoms with E-state index in [1.807, 2.05) is 18.2 Å². The van der Waals surface area contributed by atoms with Crippen molar-refractivity contribution in [3.05, 3.63) is 58.6 Å². The van der Waals surface area contributed by atoms with Gasteiger partial charge in [-0.15, -0.1) is 0 Å². The van der Waals surface area contributed by atoms with Crippen molar-refractivity contribution in [3.8, 4) is 11.5 Å². The van der Waals surface area contributed by atoms with Crippen LogP contribution in [0.25, 0.3) is 0 Å². The molecule has 2 heterocycles. The van der Waals surface area contributed by atoms with Gasteiger partial charge in [-0.3, -0.25) is 4.90 Å². The van der Waals surface area contributed by atoms with Gasteiger partial charge in [0.1, 0.15) is 29.4 Å². The van der Waals surface area contributed by atoms with E-state index in [2.05, 4.69) is 17.0 Å². The van der Waals surface area contributed by atoms with E-state index in [1.54, 1.807) is 19.1 Å². The Balaban J connectivity index is 1.37. The molecule has 1 spiro atoms. The van der Waals surface area contributed by atoms with E-state index in [9.17, 15) is 10.2 Å². The average molecular weight is 418 g/mol. The molecular formula is C23H28ClNO4. The van der Waals surface area contributed by atoms with Crippen LogP contribution in [0.2, 0.25) is 5.02 Å². The minimum atomic E-state index is -1.11. The fraction of sp³-hybridized carbons (Fsp3) is 0.478. The van der Waals surface area contributed by atoms with Crippen molar-refractivity contribution in [3.63, 3.8) is 0 Å². The molecule has 5 nitrogen and oxygen atoms in total. The van der Waals surface area contributed by atoms with Crippen LogP contribution in [0.15, 0.2) is 42.5 Å². The van der Waals surface area contributed by atoms with Gasteiger partial charge < -0.3 is 19.7 Å². The van der Waals surface area contributed by atoms with Gasteiger partial charge in [-0.2, -0.15) is 0 Å². The number of ether oxygens (including phenoxy) is 2. The molecule has 0 unspecified atom stereocenters. The highest BCUT2D eigenvalue weighted by molar-refractivity contribution is 6.30. The van der Waals surface area contributed by atoms with Crippen molar-refractivity contribution in [1.29, 1.82) is 0 Å². The van der Waals surface area contributed by atoms with Gasteiger partial charge in [0.25, 0.3) is 0 Å². The lowest BCUT2D eigenvalue weighted by Crippen LogP contribution is -2.57. The smallest absolute Gasteiger partial charge is 0.149 e. The molecule has 0 aromatic heterocycles. The molecule has 0 amide bonds. The van der Waals surface area contributed by atoms with Crippen molar-refractivity contribution >= 4 is 11.6 Å². The monoisotopic (exact) mass is 417 g/mol. The van der Waals surface area contributed by atoms with Gasteiger partial charge in [-0.25, -0.2) is 0 Å². The molecule has 2 N–H and O–H groups in total. The molecule has 0 bridgehead atoms. The Kier molecular flexibility index (Phi) is 5.76. The van der Waals surface area contributed by atoms with Gasteiger partial charge in [-0.05, 0) is 42.7 Å². The lowest BCUT2D eigenvalue weighted by Gasteiger charge is -2.44. The maximum absolute atomic E-state index is 11.1. The second kappa shape index (κ2) is 8.15. The van der Waals surface area contributed by atoms with Crippen LogP contribution in [0.4, 0.5) is 0 Å². The normalized spacial score (nSPS) is 20.1. The van der Waals surface area contributed by atoms with E-state index in [0.717, 1.165) is 43.7 Å². The molecule has 2 aromatic carbocycles. The van der Waals surface area contributed by atoms with Crippen LogP contribution in [0.5, 0.6) is 11.5 Å². The van der Waals surface area contributed by atoms with E-state index < -0.39 is 5.72 Å². The molecule has 4 rings (SSSR count). The predicted octanol–water partition coefficient (Wildman–Crippen LogP) is 3.43. The van der Waals surface area contributed by atoms with E-state index in [0.29, 0.717) is 17.2 Å². The Morgan fingerprint density at radius 2 is 1.97 bits per heavy atom. The molecule has 1 fully saturated rings. The van der Waals surface area contributed by atoms with Gasteiger partial charge >= 0.3 is 0 Å². The summed E-state index contributed by atoms with van der Waals surface area (Å²) >= 11 is 6.09. The highest BCUT2D eigenvalue weighted by Gasteiger charge is 2.45. The molecule has 2 aromatic rings. The molecule has 6 heteroatoms. The Morgan fingerprint density at radius 3 is 2.69 bits per heavy atom. The van der Waals surface area contributed by atoms with Crippen LogP contribution in [0, 0.1) is 0 Å². The number of likely N-dealkylation sites (tertiary alicyclic amines) is 1. The topological polar surface area (TPSA) is 62.2 Å². The summed E-state index contributed by atoms with van der Waals surface area (Å²) in [5.41, 5.74) is 0.889. The van der Waals surface area contributed by atoms with Crippen LogP contribution in [-0.4, -0.2) is 52.7 Å². The van der Waals surface area contributed by atoms with Crippen LogP contribution in [-0.2, 0) is 12.8 Å². The van der Waals surface area contributed by atoms with Gasteiger partial charge in [0.05, 0.1) is 0 Å². The Bertz CT molecular complexity index is 835. The third-order valence-corrected chi connectivity index (χ3v) is 6.31. The van der Waals surface area contributed by atoms with Crippen molar-refractivity contribution in [2.45, 2.75) is 43.9 Å². The first kappa shape index (κ1) is 20.5. The fourth-order valence-corrected chi connectivity index (χ4v) is 4.50. The second-order valence-corrected chi connectivity index (χ2v) is 8.72. The zero-order valence-corrected chi connectivity index (χ0v) is 17.5. The Morgan fingerprint density at radius 1 is 1.21 bits per heavy atom. The summed E-state index contributed by atoms with van der Waals surface area (Å²) in [5, 5.41) is 20.9. The first-order valence-electron chi connectivity index (χ1n) is 10.2. The summed E-state index contributed by atoms with van der Waals surface area (Å²) in [6.07, 6.45) is 3.15. The Labute approximate surface area is 176 Å². The highest BCUT2D eigenvalue weighted by Crippen LogP contribution is 2.41. The summed E-state index contributed by atoms with van der Waals surface area (Å²) < 4.78 is 12.2. The van der Waals surface area contributed by atoms with E-state index in [1.165, 1.54) is 5.56 Å². The number of nitrogens with zero attached hydrogens (tertiary/aromatic N) is 1. The van der Waals surface area contributed by atoms with Crippen LogP contribution in [0.1, 0.15) is 30.9 Å². The van der Waals surface area contributed by atoms with Crippen molar-refractivity contribution in [1.82, 2.24) is 4.90 Å². The zero-order chi connectivity index (χ0) is 20.5. The first-order valence-corrected chi connectivity index (χ1v) is 10.6. The molecule has 2 aliphatic rings. The third-order valence-electron chi connectivity index (χ3n) is 6.08. The number of fused-ring (bicyclic) bond motifs is 1. The van der Waals surface area contributed by atoms with Crippen LogP contribution in [0.3, 0.4) is 0 Å². The third kappa shape index (κ3) is 4.38. The van der Waals surface area contributed by atoms with Gasteiger partial charge in [0.2, 0.25) is 0 Å². The molecule has 156 valence electrons. The number of hydrogen-bond donors (Lipinski definition) is 2. The average Bonchev–Trinajstić information content (AvgIpc) is 3.06. The van der Waals surface area contributed by atoms with Crippen LogP contribution < -0.4 is 9.47 Å². The number of hydrogen-bond acceptors (Lipinski definition) is 5. The molecule has 0 saturated carbocycles. The fourth-order valence-electron chi connectivity index (χ4n) is 4.34. The highest BCUT2D eigenvalue weighted by atomic mass is 35.5. The first-order chi connectivity index (χ1) is 13.9. The number of rotatable bonds is 6. The number of aliphatic hydroxyl groups is 2. The molecule has 1 saturated heterocycles. The number of para-hydroxylation sites is 1. The van der Waals surface area contributed by atoms with E-state index in [-0.39, 0.29) is 18.8 Å².